The van der Waals surface area contributed by atoms with Crippen LogP contribution in [-0.4, -0.2) is 31.3 Å². The van der Waals surface area contributed by atoms with Gasteiger partial charge in [0, 0.05) is 12.0 Å². The van der Waals surface area contributed by atoms with Crippen LogP contribution in [0, 0.1) is 0 Å². The molecule has 0 spiro atoms. The Hall–Kier alpha value is -2.24. The van der Waals surface area contributed by atoms with E-state index in [0.717, 1.165) is 18.4 Å². The van der Waals surface area contributed by atoms with Gasteiger partial charge in [0.15, 0.2) is 0 Å². The van der Waals surface area contributed by atoms with Crippen LogP contribution in [0.1, 0.15) is 25.7 Å². The largest absolute Gasteiger partial charge is 0.481 e. The van der Waals surface area contributed by atoms with Crippen molar-refractivity contribution in [2.45, 2.75) is 32.2 Å². The fourth-order valence-corrected chi connectivity index (χ4v) is 1.75. The summed E-state index contributed by atoms with van der Waals surface area (Å²) in [7, 11) is 0. The zero-order valence-electron chi connectivity index (χ0n) is 10.6. The first-order chi connectivity index (χ1) is 9.25. The van der Waals surface area contributed by atoms with E-state index in [1.165, 1.54) is 0 Å². The Morgan fingerprint density at radius 3 is 2.68 bits per heavy atom. The van der Waals surface area contributed by atoms with Gasteiger partial charge in [-0.3, -0.25) is 4.79 Å². The molecule has 1 heterocycles. The molecule has 0 unspecified atom stereocenters. The lowest BCUT2D eigenvalue weighted by molar-refractivity contribution is -0.137. The van der Waals surface area contributed by atoms with Crippen LogP contribution in [0.3, 0.4) is 0 Å². The molecule has 0 bridgehead atoms. The summed E-state index contributed by atoms with van der Waals surface area (Å²) in [5.41, 5.74) is 0.944. The van der Waals surface area contributed by atoms with Gasteiger partial charge in [0.1, 0.15) is 0 Å². The van der Waals surface area contributed by atoms with Crippen molar-refractivity contribution in [1.29, 1.82) is 0 Å². The molecule has 0 saturated carbocycles. The Labute approximate surface area is 111 Å². The van der Waals surface area contributed by atoms with Crippen LogP contribution in [0.25, 0.3) is 11.4 Å². The van der Waals surface area contributed by atoms with E-state index in [1.54, 1.807) is 4.80 Å². The Morgan fingerprint density at radius 2 is 1.95 bits per heavy atom. The molecule has 1 aromatic carbocycles. The van der Waals surface area contributed by atoms with Crippen LogP contribution in [0.15, 0.2) is 30.3 Å². The lowest BCUT2D eigenvalue weighted by atomic mass is 10.2. The number of rotatable bonds is 7. The molecule has 0 atom stereocenters. The molecule has 19 heavy (non-hydrogen) atoms. The molecule has 6 heteroatoms. The molecule has 0 radical (unpaired) electrons. The second kappa shape index (κ2) is 6.63. The predicted octanol–water partition coefficient (Wildman–Crippen LogP) is 1.99. The molecule has 2 aromatic rings. The maximum absolute atomic E-state index is 10.4. The van der Waals surface area contributed by atoms with Crippen molar-refractivity contribution < 1.29 is 9.90 Å². The molecule has 0 aliphatic heterocycles. The first-order valence-corrected chi connectivity index (χ1v) is 6.31. The van der Waals surface area contributed by atoms with Crippen molar-refractivity contribution >= 4 is 5.97 Å². The summed E-state index contributed by atoms with van der Waals surface area (Å²) in [4.78, 5) is 11.9. The zero-order valence-corrected chi connectivity index (χ0v) is 10.6. The molecule has 6 nitrogen and oxygen atoms in total. The highest BCUT2D eigenvalue weighted by atomic mass is 16.4. The van der Waals surface area contributed by atoms with E-state index in [-0.39, 0.29) is 6.42 Å². The van der Waals surface area contributed by atoms with Crippen LogP contribution < -0.4 is 0 Å². The van der Waals surface area contributed by atoms with Crippen molar-refractivity contribution in [2.24, 2.45) is 0 Å². The third-order valence-electron chi connectivity index (χ3n) is 2.73. The second-order valence-corrected chi connectivity index (χ2v) is 4.28. The second-order valence-electron chi connectivity index (χ2n) is 4.28. The van der Waals surface area contributed by atoms with Crippen LogP contribution in [0.2, 0.25) is 0 Å². The summed E-state index contributed by atoms with van der Waals surface area (Å²) in [5, 5.41) is 20.8. The fraction of sp³-hybridized carbons (Fsp3) is 0.385. The van der Waals surface area contributed by atoms with Gasteiger partial charge in [-0.15, -0.1) is 10.2 Å². The number of carbonyl (C=O) groups is 1. The molecule has 1 N–H and O–H groups in total. The number of aryl methyl sites for hydroxylation is 1. The average molecular weight is 260 g/mol. The van der Waals surface area contributed by atoms with Gasteiger partial charge >= 0.3 is 5.97 Å². The average Bonchev–Trinajstić information content (AvgIpc) is 2.88. The molecule has 2 rings (SSSR count). The Balaban J connectivity index is 1.80. The minimum Gasteiger partial charge on any atom is -0.481 e. The van der Waals surface area contributed by atoms with Crippen LogP contribution in [0.4, 0.5) is 0 Å². The number of nitrogens with zero attached hydrogens (tertiary/aromatic N) is 4. The van der Waals surface area contributed by atoms with E-state index >= 15 is 0 Å². The minimum atomic E-state index is -0.745. The summed E-state index contributed by atoms with van der Waals surface area (Å²) in [6.07, 6.45) is 2.63. The monoisotopic (exact) mass is 260 g/mol. The Morgan fingerprint density at radius 1 is 1.16 bits per heavy atom. The molecule has 0 fully saturated rings. The van der Waals surface area contributed by atoms with Gasteiger partial charge < -0.3 is 5.11 Å². The quantitative estimate of drug-likeness (QED) is 0.770. The summed E-state index contributed by atoms with van der Waals surface area (Å²) >= 11 is 0. The van der Waals surface area contributed by atoms with Crippen LogP contribution in [0.5, 0.6) is 0 Å². The number of hydrogen-bond acceptors (Lipinski definition) is 4. The van der Waals surface area contributed by atoms with Crippen molar-refractivity contribution in [3.63, 3.8) is 0 Å². The lowest BCUT2D eigenvalue weighted by Gasteiger charge is -1.98. The number of tetrazole rings is 1. The molecular weight excluding hydrogens is 244 g/mol. The van der Waals surface area contributed by atoms with E-state index in [9.17, 15) is 4.79 Å². The summed E-state index contributed by atoms with van der Waals surface area (Å²) in [5.74, 6) is -0.128. The van der Waals surface area contributed by atoms with E-state index in [2.05, 4.69) is 15.4 Å². The number of carboxylic acids is 1. The van der Waals surface area contributed by atoms with Gasteiger partial charge in [-0.05, 0) is 18.1 Å². The van der Waals surface area contributed by atoms with E-state index in [1.807, 2.05) is 30.3 Å². The third kappa shape index (κ3) is 4.17. The summed E-state index contributed by atoms with van der Waals surface area (Å²) in [6, 6.07) is 9.68. The highest BCUT2D eigenvalue weighted by Gasteiger charge is 2.04. The number of aliphatic carboxylic acids is 1. The SMILES string of the molecule is O=C(O)CCCCCn1nnc(-c2ccccc2)n1. The van der Waals surface area contributed by atoms with Crippen molar-refractivity contribution in [1.82, 2.24) is 20.2 Å². The first kappa shape index (κ1) is 13.2. The summed E-state index contributed by atoms with van der Waals surface area (Å²) < 4.78 is 0. The highest BCUT2D eigenvalue weighted by molar-refractivity contribution is 5.66. The van der Waals surface area contributed by atoms with E-state index in [4.69, 9.17) is 5.11 Å². The Kier molecular flexibility index (Phi) is 4.60. The molecule has 0 aliphatic rings. The molecule has 0 saturated heterocycles. The topological polar surface area (TPSA) is 80.9 Å². The first-order valence-electron chi connectivity index (χ1n) is 6.31. The zero-order chi connectivity index (χ0) is 13.5. The van der Waals surface area contributed by atoms with Gasteiger partial charge in [-0.2, -0.15) is 4.80 Å². The summed E-state index contributed by atoms with van der Waals surface area (Å²) in [6.45, 7) is 0.666. The van der Waals surface area contributed by atoms with E-state index in [0.29, 0.717) is 18.8 Å². The number of carboxylic acid groups (broad SMARTS) is 1. The van der Waals surface area contributed by atoms with Gasteiger partial charge in [0.25, 0.3) is 0 Å². The maximum Gasteiger partial charge on any atom is 0.303 e. The van der Waals surface area contributed by atoms with E-state index < -0.39 is 5.97 Å². The molecule has 0 aliphatic carbocycles. The van der Waals surface area contributed by atoms with Gasteiger partial charge in [0.05, 0.1) is 6.54 Å². The minimum absolute atomic E-state index is 0.222. The highest BCUT2D eigenvalue weighted by Crippen LogP contribution is 2.12. The molecule has 1 aromatic heterocycles. The molecule has 100 valence electrons. The third-order valence-corrected chi connectivity index (χ3v) is 2.73. The van der Waals surface area contributed by atoms with Crippen LogP contribution >= 0.6 is 0 Å². The lowest BCUT2D eigenvalue weighted by Crippen LogP contribution is -2.03. The number of unbranched alkanes of at least 4 members (excludes halogenated alkanes) is 2. The molecular formula is C13H16N4O2. The van der Waals surface area contributed by atoms with Gasteiger partial charge in [-0.25, -0.2) is 0 Å². The normalized spacial score (nSPS) is 10.5. The molecule has 0 amide bonds. The van der Waals surface area contributed by atoms with Crippen molar-refractivity contribution in [3.05, 3.63) is 30.3 Å². The van der Waals surface area contributed by atoms with Crippen molar-refractivity contribution in [2.75, 3.05) is 0 Å². The van der Waals surface area contributed by atoms with Crippen LogP contribution in [-0.2, 0) is 11.3 Å². The number of benzene rings is 1. The fourth-order valence-electron chi connectivity index (χ4n) is 1.75. The smallest absolute Gasteiger partial charge is 0.303 e. The number of hydrogen-bond donors (Lipinski definition) is 1. The standard InChI is InChI=1S/C13H16N4O2/c18-12(19)9-5-2-6-10-17-15-13(14-16-17)11-7-3-1-4-8-11/h1,3-4,7-8H,2,5-6,9-10H2,(H,18,19). The number of aromatic nitrogens is 4. The predicted molar refractivity (Wildman–Crippen MR) is 69.4 cm³/mol. The van der Waals surface area contributed by atoms with Gasteiger partial charge in [-0.1, -0.05) is 36.8 Å². The maximum atomic E-state index is 10.4. The Bertz CT molecular complexity index is 524. The van der Waals surface area contributed by atoms with Crippen molar-refractivity contribution in [3.8, 4) is 11.4 Å². The van der Waals surface area contributed by atoms with Gasteiger partial charge in [0.2, 0.25) is 5.82 Å².